The average molecular weight is 384 g/mol. The minimum atomic E-state index is -0.901. The predicted molar refractivity (Wildman–Crippen MR) is 86.8 cm³/mol. The van der Waals surface area contributed by atoms with Crippen molar-refractivity contribution in [2.45, 2.75) is 12.8 Å². The Bertz CT molecular complexity index is 585. The second kappa shape index (κ2) is 8.44. The molecule has 0 spiro atoms. The van der Waals surface area contributed by atoms with Gasteiger partial charge >= 0.3 is 11.9 Å². The van der Waals surface area contributed by atoms with Crippen molar-refractivity contribution in [3.05, 3.63) is 57.6 Å². The standard InChI is InChI=1S/C14H10Cl4O4/c1-3-5-7-8(6-4-2)10(14(20)22-18)12(16)11(15)9(7)13(19)21-17/h3-4H,1-2,5-6H2. The summed E-state index contributed by atoms with van der Waals surface area (Å²) in [6.07, 6.45) is 3.47. The molecule has 0 N–H and O–H groups in total. The Morgan fingerprint density at radius 1 is 0.864 bits per heavy atom. The van der Waals surface area contributed by atoms with E-state index in [-0.39, 0.29) is 34.0 Å². The molecule has 4 nitrogen and oxygen atoms in total. The molecule has 1 aromatic carbocycles. The van der Waals surface area contributed by atoms with Crippen molar-refractivity contribution in [1.29, 1.82) is 0 Å². The molecule has 118 valence electrons. The molecule has 0 aliphatic heterocycles. The van der Waals surface area contributed by atoms with Crippen LogP contribution in [-0.2, 0) is 21.4 Å². The third kappa shape index (κ3) is 3.58. The monoisotopic (exact) mass is 382 g/mol. The second-order valence-electron chi connectivity index (χ2n) is 4.05. The summed E-state index contributed by atoms with van der Waals surface area (Å²) in [6.45, 7) is 7.20. The van der Waals surface area contributed by atoms with E-state index in [1.165, 1.54) is 12.2 Å². The Kier molecular flexibility index (Phi) is 7.23. The third-order valence-electron chi connectivity index (χ3n) is 2.84. The van der Waals surface area contributed by atoms with E-state index < -0.39 is 11.9 Å². The van der Waals surface area contributed by atoms with E-state index in [1.54, 1.807) is 0 Å². The minimum absolute atomic E-state index is 0.0514. The first-order chi connectivity index (χ1) is 10.4. The molecular formula is C14H10Cl4O4. The van der Waals surface area contributed by atoms with Gasteiger partial charge in [-0.1, -0.05) is 35.4 Å². The van der Waals surface area contributed by atoms with E-state index >= 15 is 0 Å². The Morgan fingerprint density at radius 2 is 1.18 bits per heavy atom. The van der Waals surface area contributed by atoms with Gasteiger partial charge in [-0.3, -0.25) is 0 Å². The first-order valence-electron chi connectivity index (χ1n) is 5.84. The average Bonchev–Trinajstić information content (AvgIpc) is 2.51. The maximum atomic E-state index is 11.9. The van der Waals surface area contributed by atoms with Gasteiger partial charge in [0.2, 0.25) is 0 Å². The summed E-state index contributed by atoms with van der Waals surface area (Å²) >= 11 is 22.4. The summed E-state index contributed by atoms with van der Waals surface area (Å²) in [4.78, 5) is 23.8. The van der Waals surface area contributed by atoms with Crippen LogP contribution in [0.3, 0.4) is 0 Å². The van der Waals surface area contributed by atoms with Crippen molar-refractivity contribution in [3.8, 4) is 0 Å². The van der Waals surface area contributed by atoms with Crippen molar-refractivity contribution in [1.82, 2.24) is 0 Å². The summed E-state index contributed by atoms with van der Waals surface area (Å²) in [5.74, 6) is -1.80. The fourth-order valence-electron chi connectivity index (χ4n) is 2.03. The highest BCUT2D eigenvalue weighted by Gasteiger charge is 2.29. The van der Waals surface area contributed by atoms with Crippen molar-refractivity contribution in [3.63, 3.8) is 0 Å². The molecule has 0 aliphatic carbocycles. The number of rotatable bonds is 6. The van der Waals surface area contributed by atoms with Crippen LogP contribution >= 0.6 is 46.9 Å². The number of carbonyl (C=O) groups is 2. The molecule has 0 saturated carbocycles. The maximum absolute atomic E-state index is 11.9. The zero-order chi connectivity index (χ0) is 16.9. The molecule has 0 amide bonds. The Balaban J connectivity index is 3.89. The van der Waals surface area contributed by atoms with Crippen LogP contribution in [-0.4, -0.2) is 11.9 Å². The lowest BCUT2D eigenvalue weighted by atomic mass is 9.91. The summed E-state index contributed by atoms with van der Waals surface area (Å²) in [6, 6.07) is 0. The van der Waals surface area contributed by atoms with Gasteiger partial charge in [0.1, 0.15) is 23.7 Å². The largest absolute Gasteiger partial charge is 0.358 e. The Morgan fingerprint density at radius 3 is 1.41 bits per heavy atom. The Labute approximate surface area is 147 Å². The van der Waals surface area contributed by atoms with E-state index in [9.17, 15) is 9.59 Å². The number of allylic oxidation sites excluding steroid dienone is 2. The summed E-state index contributed by atoms with van der Waals surface area (Å²) in [5, 5.41) is -0.372. The molecule has 0 heterocycles. The third-order valence-corrected chi connectivity index (χ3v) is 3.98. The van der Waals surface area contributed by atoms with E-state index in [1.807, 2.05) is 0 Å². The van der Waals surface area contributed by atoms with Gasteiger partial charge in [0.15, 0.2) is 0 Å². The van der Waals surface area contributed by atoms with Gasteiger partial charge in [0.25, 0.3) is 0 Å². The molecule has 1 rings (SSSR count). The lowest BCUT2D eigenvalue weighted by Gasteiger charge is -2.17. The predicted octanol–water partition coefficient (Wildman–Crippen LogP) is 5.07. The molecule has 0 saturated heterocycles. The first kappa shape index (κ1) is 18.8. The SMILES string of the molecule is C=CCc1c(CC=C)c(C(=O)OCl)c(Cl)c(Cl)c1C(=O)OCl. The van der Waals surface area contributed by atoms with Crippen molar-refractivity contribution in [2.75, 3.05) is 0 Å². The zero-order valence-electron chi connectivity index (χ0n) is 11.1. The Hall–Kier alpha value is -1.20. The van der Waals surface area contributed by atoms with Gasteiger partial charge in [-0.15, -0.1) is 13.2 Å². The highest BCUT2D eigenvalue weighted by atomic mass is 35.5. The first-order valence-corrected chi connectivity index (χ1v) is 7.22. The normalized spacial score (nSPS) is 10.0. The number of halogens is 4. The molecule has 0 atom stereocenters. The molecule has 0 fully saturated rings. The summed E-state index contributed by atoms with van der Waals surface area (Å²) in [5.41, 5.74) is 0.660. The maximum Gasteiger partial charge on any atom is 0.358 e. The van der Waals surface area contributed by atoms with Crippen molar-refractivity contribution < 1.29 is 18.2 Å². The van der Waals surface area contributed by atoms with Gasteiger partial charge in [0, 0.05) is 0 Å². The number of hydrogen-bond acceptors (Lipinski definition) is 4. The fraction of sp³-hybridized carbons (Fsp3) is 0.143. The molecule has 0 unspecified atom stereocenters. The van der Waals surface area contributed by atoms with Gasteiger partial charge in [-0.25, -0.2) is 9.59 Å². The molecule has 22 heavy (non-hydrogen) atoms. The minimum Gasteiger partial charge on any atom is -0.343 e. The highest BCUT2D eigenvalue weighted by Crippen LogP contribution is 2.38. The van der Waals surface area contributed by atoms with Crippen molar-refractivity contribution >= 4 is 58.9 Å². The van der Waals surface area contributed by atoms with Gasteiger partial charge in [-0.05, 0) is 24.0 Å². The van der Waals surface area contributed by atoms with E-state index in [2.05, 4.69) is 21.7 Å². The van der Waals surface area contributed by atoms with Gasteiger partial charge < -0.3 is 8.58 Å². The smallest absolute Gasteiger partial charge is 0.343 e. The van der Waals surface area contributed by atoms with E-state index in [0.29, 0.717) is 11.1 Å². The van der Waals surface area contributed by atoms with Crippen LogP contribution in [0.5, 0.6) is 0 Å². The van der Waals surface area contributed by atoms with Crippen LogP contribution < -0.4 is 0 Å². The van der Waals surface area contributed by atoms with Crippen LogP contribution in [0.1, 0.15) is 31.8 Å². The highest BCUT2D eigenvalue weighted by molar-refractivity contribution is 6.46. The van der Waals surface area contributed by atoms with Crippen LogP contribution in [0.15, 0.2) is 25.3 Å². The van der Waals surface area contributed by atoms with Crippen LogP contribution in [0.25, 0.3) is 0 Å². The molecule has 1 aromatic rings. The molecular weight excluding hydrogens is 374 g/mol. The van der Waals surface area contributed by atoms with Crippen LogP contribution in [0.4, 0.5) is 0 Å². The summed E-state index contributed by atoms with van der Waals surface area (Å²) in [7, 11) is 0. The quantitative estimate of drug-likeness (QED) is 0.643. The fourth-order valence-corrected chi connectivity index (χ4v) is 2.75. The molecule has 0 radical (unpaired) electrons. The van der Waals surface area contributed by atoms with E-state index in [0.717, 1.165) is 0 Å². The van der Waals surface area contributed by atoms with Crippen molar-refractivity contribution in [2.24, 2.45) is 0 Å². The van der Waals surface area contributed by atoms with E-state index in [4.69, 9.17) is 46.9 Å². The molecule has 8 heteroatoms. The topological polar surface area (TPSA) is 52.6 Å². The number of hydrogen-bond donors (Lipinski definition) is 0. The van der Waals surface area contributed by atoms with Gasteiger partial charge in [-0.2, -0.15) is 0 Å². The van der Waals surface area contributed by atoms with Crippen LogP contribution in [0.2, 0.25) is 10.0 Å². The lowest BCUT2D eigenvalue weighted by Crippen LogP contribution is -2.14. The summed E-state index contributed by atoms with van der Waals surface area (Å²) < 4.78 is 8.41. The molecule has 0 aliphatic rings. The van der Waals surface area contributed by atoms with Crippen LogP contribution in [0, 0.1) is 0 Å². The zero-order valence-corrected chi connectivity index (χ0v) is 14.2. The second-order valence-corrected chi connectivity index (χ2v) is 5.11. The number of benzene rings is 1. The lowest BCUT2D eigenvalue weighted by molar-refractivity contribution is 0.0735. The number of carbonyl (C=O) groups excluding carboxylic acids is 2. The molecule has 0 aromatic heterocycles. The van der Waals surface area contributed by atoms with Gasteiger partial charge in [0.05, 0.1) is 21.2 Å². The molecule has 0 bridgehead atoms.